The van der Waals surface area contributed by atoms with Gasteiger partial charge in [0.2, 0.25) is 0 Å². The molecule has 2 N–H and O–H groups in total. The van der Waals surface area contributed by atoms with Crippen LogP contribution in [-0.2, 0) is 0 Å². The van der Waals surface area contributed by atoms with Crippen LogP contribution >= 0.6 is 0 Å². The van der Waals surface area contributed by atoms with Crippen LogP contribution in [0.15, 0.2) is 0 Å². The molecule has 2 heteroatoms. The van der Waals surface area contributed by atoms with Crippen molar-refractivity contribution in [3.05, 3.63) is 0 Å². The van der Waals surface area contributed by atoms with E-state index in [2.05, 4.69) is 33.0 Å². The largest absolute Gasteiger partial charge is 0.396 e. The van der Waals surface area contributed by atoms with E-state index in [1.54, 1.807) is 0 Å². The summed E-state index contributed by atoms with van der Waals surface area (Å²) in [6.45, 7) is 10.4. The van der Waals surface area contributed by atoms with E-state index in [1.807, 2.05) is 0 Å². The van der Waals surface area contributed by atoms with Gasteiger partial charge in [0.25, 0.3) is 0 Å². The van der Waals surface area contributed by atoms with E-state index in [-0.39, 0.29) is 0 Å². The minimum absolute atomic E-state index is 0.292. The zero-order valence-corrected chi connectivity index (χ0v) is 8.65. The monoisotopic (exact) mass is 171 g/mol. The minimum Gasteiger partial charge on any atom is -0.396 e. The highest BCUT2D eigenvalue weighted by molar-refractivity contribution is 5.17. The van der Waals surface area contributed by atoms with Crippen molar-refractivity contribution in [1.29, 1.82) is 0 Å². The van der Waals surface area contributed by atoms with Crippen molar-refractivity contribution in [3.8, 4) is 0 Å². The molecule has 12 heavy (non-hydrogen) atoms. The van der Waals surface area contributed by atoms with Gasteiger partial charge in [-0.2, -0.15) is 0 Å². The molecule has 1 aliphatic rings. The first kappa shape index (κ1) is 10.0. The SMILES string of the molecule is CC1(C)C(NCCCO)C1(C)C. The highest BCUT2D eigenvalue weighted by atomic mass is 16.3. The smallest absolute Gasteiger partial charge is 0.0443 e. The highest BCUT2D eigenvalue weighted by Crippen LogP contribution is 2.62. The number of hydrogen-bond donors (Lipinski definition) is 2. The van der Waals surface area contributed by atoms with Crippen LogP contribution in [-0.4, -0.2) is 24.3 Å². The molecule has 0 unspecified atom stereocenters. The molecule has 1 saturated carbocycles. The van der Waals surface area contributed by atoms with Crippen LogP contribution in [0.2, 0.25) is 0 Å². The highest BCUT2D eigenvalue weighted by Gasteiger charge is 2.64. The van der Waals surface area contributed by atoms with E-state index in [1.165, 1.54) is 0 Å². The van der Waals surface area contributed by atoms with E-state index < -0.39 is 0 Å². The molecule has 0 radical (unpaired) electrons. The third kappa shape index (κ3) is 1.38. The van der Waals surface area contributed by atoms with Crippen molar-refractivity contribution in [2.45, 2.75) is 40.2 Å². The maximum atomic E-state index is 8.62. The van der Waals surface area contributed by atoms with E-state index in [4.69, 9.17) is 5.11 Å². The van der Waals surface area contributed by atoms with E-state index in [0.29, 0.717) is 23.5 Å². The van der Waals surface area contributed by atoms with Gasteiger partial charge < -0.3 is 10.4 Å². The predicted octanol–water partition coefficient (Wildman–Crippen LogP) is 1.39. The molecule has 72 valence electrons. The van der Waals surface area contributed by atoms with Gasteiger partial charge in [-0.25, -0.2) is 0 Å². The van der Waals surface area contributed by atoms with Gasteiger partial charge in [-0.15, -0.1) is 0 Å². The normalized spacial score (nSPS) is 25.8. The van der Waals surface area contributed by atoms with Crippen LogP contribution in [0.5, 0.6) is 0 Å². The number of rotatable bonds is 4. The Morgan fingerprint density at radius 1 is 1.17 bits per heavy atom. The third-order valence-electron chi connectivity index (χ3n) is 3.70. The second-order valence-electron chi connectivity index (χ2n) is 4.91. The number of nitrogens with one attached hydrogen (secondary N) is 1. The summed E-state index contributed by atoms with van der Waals surface area (Å²) >= 11 is 0. The van der Waals surface area contributed by atoms with Gasteiger partial charge in [0.05, 0.1) is 0 Å². The standard InChI is InChI=1S/C10H21NO/c1-9(2)8(10(9,3)4)11-6-5-7-12/h8,11-12H,5-7H2,1-4H3. The van der Waals surface area contributed by atoms with Crippen LogP contribution in [0.3, 0.4) is 0 Å². The second-order valence-corrected chi connectivity index (χ2v) is 4.91. The number of hydrogen-bond acceptors (Lipinski definition) is 2. The number of aliphatic hydroxyl groups excluding tert-OH is 1. The van der Waals surface area contributed by atoms with Crippen molar-refractivity contribution in [2.24, 2.45) is 10.8 Å². The lowest BCUT2D eigenvalue weighted by Gasteiger charge is -2.03. The third-order valence-corrected chi connectivity index (χ3v) is 3.70. The summed E-state index contributed by atoms with van der Waals surface area (Å²) in [7, 11) is 0. The Bertz CT molecular complexity index is 149. The Morgan fingerprint density at radius 3 is 2.00 bits per heavy atom. The Hall–Kier alpha value is -0.0800. The molecule has 0 saturated heterocycles. The first-order valence-electron chi connectivity index (χ1n) is 4.79. The van der Waals surface area contributed by atoms with Crippen molar-refractivity contribution >= 4 is 0 Å². The molecular formula is C10H21NO. The molecule has 1 rings (SSSR count). The molecule has 0 heterocycles. The molecule has 0 spiro atoms. The summed E-state index contributed by atoms with van der Waals surface area (Å²) in [6, 6.07) is 0.622. The Morgan fingerprint density at radius 2 is 1.67 bits per heavy atom. The van der Waals surface area contributed by atoms with Gasteiger partial charge in [-0.1, -0.05) is 27.7 Å². The van der Waals surface area contributed by atoms with Gasteiger partial charge >= 0.3 is 0 Å². The molecule has 0 aromatic heterocycles. The number of aliphatic hydroxyl groups is 1. The van der Waals surface area contributed by atoms with E-state index in [0.717, 1.165) is 13.0 Å². The lowest BCUT2D eigenvalue weighted by molar-refractivity contribution is 0.284. The summed E-state index contributed by atoms with van der Waals surface area (Å²) < 4.78 is 0. The molecule has 1 fully saturated rings. The zero-order chi connectivity index (χ0) is 9.41. The van der Waals surface area contributed by atoms with Crippen LogP contribution < -0.4 is 5.32 Å². The Labute approximate surface area is 75.4 Å². The van der Waals surface area contributed by atoms with Crippen LogP contribution in [0.25, 0.3) is 0 Å². The van der Waals surface area contributed by atoms with Crippen molar-refractivity contribution in [2.75, 3.05) is 13.2 Å². The average molecular weight is 171 g/mol. The zero-order valence-electron chi connectivity index (χ0n) is 8.65. The fourth-order valence-electron chi connectivity index (χ4n) is 2.03. The maximum absolute atomic E-state index is 8.62. The molecule has 0 amide bonds. The molecule has 0 aromatic carbocycles. The van der Waals surface area contributed by atoms with Crippen molar-refractivity contribution in [1.82, 2.24) is 5.32 Å². The van der Waals surface area contributed by atoms with Crippen LogP contribution in [0, 0.1) is 10.8 Å². The Balaban J connectivity index is 2.29. The lowest BCUT2D eigenvalue weighted by Crippen LogP contribution is -2.23. The second kappa shape index (κ2) is 3.00. The summed E-state index contributed by atoms with van der Waals surface area (Å²) in [5.74, 6) is 0. The van der Waals surface area contributed by atoms with Gasteiger partial charge in [0.15, 0.2) is 0 Å². The molecule has 0 aliphatic heterocycles. The molecule has 0 atom stereocenters. The molecular weight excluding hydrogens is 150 g/mol. The topological polar surface area (TPSA) is 32.3 Å². The summed E-state index contributed by atoms with van der Waals surface area (Å²) in [5.41, 5.74) is 0.838. The first-order valence-corrected chi connectivity index (χ1v) is 4.79. The quantitative estimate of drug-likeness (QED) is 0.627. The van der Waals surface area contributed by atoms with Gasteiger partial charge in [0, 0.05) is 12.6 Å². The summed E-state index contributed by atoms with van der Waals surface area (Å²) in [5, 5.41) is 12.1. The summed E-state index contributed by atoms with van der Waals surface area (Å²) in [4.78, 5) is 0. The van der Waals surface area contributed by atoms with Gasteiger partial charge in [-0.05, 0) is 23.8 Å². The average Bonchev–Trinajstić information content (AvgIpc) is 2.32. The first-order chi connectivity index (χ1) is 5.44. The predicted molar refractivity (Wildman–Crippen MR) is 51.1 cm³/mol. The molecule has 0 aromatic rings. The van der Waals surface area contributed by atoms with E-state index >= 15 is 0 Å². The summed E-state index contributed by atoms with van der Waals surface area (Å²) in [6.07, 6.45) is 0.864. The maximum Gasteiger partial charge on any atom is 0.0443 e. The van der Waals surface area contributed by atoms with Crippen molar-refractivity contribution in [3.63, 3.8) is 0 Å². The molecule has 2 nitrogen and oxygen atoms in total. The van der Waals surface area contributed by atoms with Gasteiger partial charge in [0.1, 0.15) is 0 Å². The molecule has 0 bridgehead atoms. The van der Waals surface area contributed by atoms with Crippen LogP contribution in [0.4, 0.5) is 0 Å². The van der Waals surface area contributed by atoms with Gasteiger partial charge in [-0.3, -0.25) is 0 Å². The minimum atomic E-state index is 0.292. The van der Waals surface area contributed by atoms with E-state index in [9.17, 15) is 0 Å². The lowest BCUT2D eigenvalue weighted by atomic mass is 10.0. The van der Waals surface area contributed by atoms with Crippen molar-refractivity contribution < 1.29 is 5.11 Å². The fraction of sp³-hybridized carbons (Fsp3) is 1.00. The van der Waals surface area contributed by atoms with Crippen LogP contribution in [0.1, 0.15) is 34.1 Å². The fourth-order valence-corrected chi connectivity index (χ4v) is 2.03. The molecule has 1 aliphatic carbocycles. The Kier molecular flexibility index (Phi) is 2.50.